The van der Waals surface area contributed by atoms with E-state index in [0.29, 0.717) is 23.1 Å². The molecule has 0 amide bonds. The van der Waals surface area contributed by atoms with Crippen molar-refractivity contribution in [2.75, 3.05) is 7.11 Å². The summed E-state index contributed by atoms with van der Waals surface area (Å²) < 4.78 is 5.54. The number of nitrogens with one attached hydrogen (secondary N) is 1. The molecule has 0 unspecified atom stereocenters. The van der Waals surface area contributed by atoms with Gasteiger partial charge < -0.3 is 25.4 Å². The maximum Gasteiger partial charge on any atom is 0.130 e. The molecular weight excluding hydrogens is 366 g/mol. The van der Waals surface area contributed by atoms with E-state index in [1.165, 1.54) is 6.07 Å². The number of benzene rings is 3. The summed E-state index contributed by atoms with van der Waals surface area (Å²) in [4.78, 5) is 0. The quantitative estimate of drug-likeness (QED) is 0.501. The molecule has 1 aliphatic heterocycles. The van der Waals surface area contributed by atoms with Gasteiger partial charge in [0.25, 0.3) is 0 Å². The Kier molecular flexibility index (Phi) is 4.58. The summed E-state index contributed by atoms with van der Waals surface area (Å²) in [7, 11) is 1.59. The van der Waals surface area contributed by atoms with Gasteiger partial charge in [0.05, 0.1) is 12.5 Å². The summed E-state index contributed by atoms with van der Waals surface area (Å²) in [6, 6.07) is 7.20. The molecule has 5 heteroatoms. The summed E-state index contributed by atoms with van der Waals surface area (Å²) in [5.41, 5.74) is 5.18. The number of ether oxygens (including phenoxy) is 1. The minimum atomic E-state index is -0.0342. The number of hydrogen-bond donors (Lipinski definition) is 4. The number of aromatic hydroxyl groups is 3. The lowest BCUT2D eigenvalue weighted by molar-refractivity contribution is 0.402. The molecule has 1 aliphatic rings. The van der Waals surface area contributed by atoms with E-state index >= 15 is 0 Å². The number of phenols is 3. The second-order valence-corrected chi connectivity index (χ2v) is 8.15. The van der Waals surface area contributed by atoms with Crippen LogP contribution < -0.4 is 10.1 Å². The summed E-state index contributed by atoms with van der Waals surface area (Å²) >= 11 is 0. The predicted octanol–water partition coefficient (Wildman–Crippen LogP) is 4.84. The molecule has 5 nitrogen and oxygen atoms in total. The Morgan fingerprint density at radius 1 is 0.931 bits per heavy atom. The topological polar surface area (TPSA) is 82.0 Å². The van der Waals surface area contributed by atoms with E-state index in [2.05, 4.69) is 12.2 Å². The van der Waals surface area contributed by atoms with Gasteiger partial charge >= 0.3 is 0 Å². The summed E-state index contributed by atoms with van der Waals surface area (Å²) in [6.45, 7) is 8.02. The number of aryl methyl sites for hydroxylation is 2. The van der Waals surface area contributed by atoms with E-state index in [9.17, 15) is 15.3 Å². The Bertz CT molecular complexity index is 1140. The molecule has 0 aromatic heterocycles. The van der Waals surface area contributed by atoms with E-state index in [-0.39, 0.29) is 29.3 Å². The third-order valence-corrected chi connectivity index (χ3v) is 5.90. The lowest BCUT2D eigenvalue weighted by Gasteiger charge is -2.32. The molecule has 4 rings (SSSR count). The number of phenolic OH excluding ortho intramolecular Hbond substituents is 3. The monoisotopic (exact) mass is 393 g/mol. The zero-order valence-corrected chi connectivity index (χ0v) is 17.4. The van der Waals surface area contributed by atoms with Crippen LogP contribution in [0.3, 0.4) is 0 Å². The Labute approximate surface area is 170 Å². The van der Waals surface area contributed by atoms with Crippen molar-refractivity contribution < 1.29 is 20.1 Å². The van der Waals surface area contributed by atoms with Crippen molar-refractivity contribution in [2.24, 2.45) is 0 Å². The van der Waals surface area contributed by atoms with E-state index in [1.807, 2.05) is 32.9 Å². The lowest BCUT2D eigenvalue weighted by atomic mass is 9.81. The van der Waals surface area contributed by atoms with E-state index in [0.717, 1.165) is 33.2 Å². The molecule has 4 N–H and O–H groups in total. The molecule has 3 aromatic rings. The molecule has 0 spiro atoms. The first-order valence-corrected chi connectivity index (χ1v) is 9.88. The molecular formula is C24H27NO4. The average molecular weight is 393 g/mol. The maximum atomic E-state index is 10.9. The van der Waals surface area contributed by atoms with Gasteiger partial charge in [-0.25, -0.2) is 0 Å². The molecule has 0 bridgehead atoms. The van der Waals surface area contributed by atoms with Crippen molar-refractivity contribution in [3.63, 3.8) is 0 Å². The summed E-state index contributed by atoms with van der Waals surface area (Å²) in [5, 5.41) is 37.1. The van der Waals surface area contributed by atoms with Crippen LogP contribution in [0.4, 0.5) is 0 Å². The molecule has 0 saturated heterocycles. The smallest absolute Gasteiger partial charge is 0.130 e. The van der Waals surface area contributed by atoms with Gasteiger partial charge in [0.2, 0.25) is 0 Å². The Balaban J connectivity index is 2.17. The Hall–Kier alpha value is -2.92. The Morgan fingerprint density at radius 3 is 2.34 bits per heavy atom. The Morgan fingerprint density at radius 2 is 1.66 bits per heavy atom. The van der Waals surface area contributed by atoms with Crippen LogP contribution in [0.5, 0.6) is 23.0 Å². The van der Waals surface area contributed by atoms with Crippen molar-refractivity contribution in [2.45, 2.75) is 46.2 Å². The van der Waals surface area contributed by atoms with Gasteiger partial charge in [0.1, 0.15) is 23.0 Å². The zero-order valence-electron chi connectivity index (χ0n) is 17.4. The van der Waals surface area contributed by atoms with Crippen LogP contribution in [-0.2, 0) is 6.42 Å². The molecule has 0 fully saturated rings. The lowest BCUT2D eigenvalue weighted by Crippen LogP contribution is -2.36. The van der Waals surface area contributed by atoms with Crippen molar-refractivity contribution in [1.82, 2.24) is 5.32 Å². The number of fused-ring (bicyclic) bond motifs is 2. The van der Waals surface area contributed by atoms with Crippen LogP contribution in [0, 0.1) is 13.8 Å². The van der Waals surface area contributed by atoms with Crippen LogP contribution in [0.25, 0.3) is 21.9 Å². The first kappa shape index (κ1) is 19.4. The van der Waals surface area contributed by atoms with Crippen molar-refractivity contribution in [3.05, 3.63) is 46.5 Å². The van der Waals surface area contributed by atoms with E-state index in [4.69, 9.17) is 4.74 Å². The molecule has 2 atom stereocenters. The first-order valence-electron chi connectivity index (χ1n) is 9.88. The third kappa shape index (κ3) is 2.97. The number of rotatable bonds is 2. The SMILES string of the molecule is COc1cc(C)cc2c(-c3c(O)cc(O)c4c3C[C@@H](C)N[C@@H]4C)c(C)cc(O)c12. The molecule has 0 aliphatic carbocycles. The normalized spacial score (nSPS) is 18.7. The van der Waals surface area contributed by atoms with Gasteiger partial charge in [-0.05, 0) is 73.9 Å². The highest BCUT2D eigenvalue weighted by molar-refractivity contribution is 6.06. The first-order chi connectivity index (χ1) is 13.7. The fraction of sp³-hybridized carbons (Fsp3) is 0.333. The van der Waals surface area contributed by atoms with Crippen LogP contribution >= 0.6 is 0 Å². The fourth-order valence-electron chi connectivity index (χ4n) is 4.84. The van der Waals surface area contributed by atoms with Crippen LogP contribution in [0.1, 0.15) is 42.1 Å². The van der Waals surface area contributed by atoms with Gasteiger partial charge in [-0.3, -0.25) is 0 Å². The molecule has 0 saturated carbocycles. The minimum absolute atomic E-state index is 0.0342. The molecule has 3 aromatic carbocycles. The van der Waals surface area contributed by atoms with E-state index in [1.54, 1.807) is 13.2 Å². The highest BCUT2D eigenvalue weighted by Crippen LogP contribution is 2.49. The van der Waals surface area contributed by atoms with Crippen molar-refractivity contribution in [1.29, 1.82) is 0 Å². The van der Waals surface area contributed by atoms with Gasteiger partial charge in [-0.2, -0.15) is 0 Å². The van der Waals surface area contributed by atoms with Gasteiger partial charge in [0.15, 0.2) is 0 Å². The summed E-state index contributed by atoms with van der Waals surface area (Å²) in [5.74, 6) is 0.878. The zero-order chi connectivity index (χ0) is 21.0. The van der Waals surface area contributed by atoms with Gasteiger partial charge in [-0.15, -0.1) is 0 Å². The average Bonchev–Trinajstić information content (AvgIpc) is 2.62. The molecule has 152 valence electrons. The predicted molar refractivity (Wildman–Crippen MR) is 115 cm³/mol. The van der Waals surface area contributed by atoms with Crippen molar-refractivity contribution >= 4 is 10.8 Å². The second kappa shape index (κ2) is 6.85. The largest absolute Gasteiger partial charge is 0.507 e. The maximum absolute atomic E-state index is 10.9. The number of hydrogen-bond acceptors (Lipinski definition) is 5. The number of methoxy groups -OCH3 is 1. The summed E-state index contributed by atoms with van der Waals surface area (Å²) in [6.07, 6.45) is 0.682. The fourth-order valence-corrected chi connectivity index (χ4v) is 4.84. The van der Waals surface area contributed by atoms with Crippen molar-refractivity contribution in [3.8, 4) is 34.1 Å². The standard InChI is InChI=1S/C24H27NO4/c1-11-6-15-21(12(2)8-17(26)23(15)20(7-11)29-5)24-16-9-13(3)25-14(4)22(16)18(27)10-19(24)28/h6-8,10,13-14,25-28H,9H2,1-5H3/t13-,14-/m1/s1. The van der Waals surface area contributed by atoms with Gasteiger partial charge in [-0.1, -0.05) is 6.07 Å². The highest BCUT2D eigenvalue weighted by atomic mass is 16.5. The molecule has 29 heavy (non-hydrogen) atoms. The van der Waals surface area contributed by atoms with Crippen LogP contribution in [0.2, 0.25) is 0 Å². The molecule has 1 heterocycles. The minimum Gasteiger partial charge on any atom is -0.507 e. The third-order valence-electron chi connectivity index (χ3n) is 5.90. The molecule has 0 radical (unpaired) electrons. The van der Waals surface area contributed by atoms with Gasteiger partial charge in [0, 0.05) is 29.3 Å². The highest BCUT2D eigenvalue weighted by Gasteiger charge is 2.30. The second-order valence-electron chi connectivity index (χ2n) is 8.15. The van der Waals surface area contributed by atoms with Crippen LogP contribution in [0.15, 0.2) is 24.3 Å². The van der Waals surface area contributed by atoms with E-state index < -0.39 is 0 Å². The van der Waals surface area contributed by atoms with Crippen LogP contribution in [-0.4, -0.2) is 28.5 Å².